The molecule has 6 nitrogen and oxygen atoms in total. The fourth-order valence-corrected chi connectivity index (χ4v) is 4.34. The molecule has 8 heteroatoms. The first-order chi connectivity index (χ1) is 14.3. The van der Waals surface area contributed by atoms with Crippen molar-refractivity contribution in [3.8, 4) is 0 Å². The van der Waals surface area contributed by atoms with Crippen molar-refractivity contribution in [3.63, 3.8) is 0 Å². The number of aliphatic imine (C=N–C) groups is 1. The second-order valence-corrected chi connectivity index (χ2v) is 9.65. The first-order valence-corrected chi connectivity index (χ1v) is 11.5. The Hall–Kier alpha value is -3.13. The third-order valence-corrected chi connectivity index (χ3v) is 5.74. The molecule has 154 valence electrons. The summed E-state index contributed by atoms with van der Waals surface area (Å²) in [5.41, 5.74) is 2.46. The highest BCUT2D eigenvalue weighted by atomic mass is 32.2. The van der Waals surface area contributed by atoms with Crippen molar-refractivity contribution in [3.05, 3.63) is 77.4 Å². The van der Waals surface area contributed by atoms with Gasteiger partial charge in [-0.3, -0.25) is 4.99 Å². The number of hydrogen-bond acceptors (Lipinski definition) is 6. The van der Waals surface area contributed by atoms with Gasteiger partial charge in [0.15, 0.2) is 0 Å². The first kappa shape index (κ1) is 20.2. The van der Waals surface area contributed by atoms with Crippen molar-refractivity contribution < 1.29 is 12.8 Å². The number of nitrogens with zero attached hydrogens (tertiary/aromatic N) is 3. The molecule has 30 heavy (non-hydrogen) atoms. The maximum absolute atomic E-state index is 13.4. The molecule has 1 atom stereocenters. The zero-order valence-corrected chi connectivity index (χ0v) is 17.4. The summed E-state index contributed by atoms with van der Waals surface area (Å²) in [5, 5.41) is 4.05. The molecule has 2 aromatic carbocycles. The van der Waals surface area contributed by atoms with Crippen molar-refractivity contribution >= 4 is 32.4 Å². The van der Waals surface area contributed by atoms with Crippen molar-refractivity contribution in [1.29, 1.82) is 0 Å². The van der Waals surface area contributed by atoms with Crippen LogP contribution in [0.2, 0.25) is 0 Å². The predicted octanol–water partition coefficient (Wildman–Crippen LogP) is 3.72. The first-order valence-electron chi connectivity index (χ1n) is 9.47. The number of anilines is 1. The Bertz CT molecular complexity index is 1270. The van der Waals surface area contributed by atoms with Crippen LogP contribution in [0.5, 0.6) is 0 Å². The highest BCUT2D eigenvalue weighted by Gasteiger charge is 2.24. The molecule has 2 heterocycles. The maximum atomic E-state index is 13.4. The van der Waals surface area contributed by atoms with Gasteiger partial charge in [-0.1, -0.05) is 24.3 Å². The zero-order chi connectivity index (χ0) is 21.3. The topological polar surface area (TPSA) is 84.3 Å². The van der Waals surface area contributed by atoms with E-state index < -0.39 is 15.8 Å². The smallest absolute Gasteiger partial charge is 0.148 e. The molecule has 0 radical (unpaired) electrons. The lowest BCUT2D eigenvalue weighted by molar-refractivity contribution is 0.596. The minimum absolute atomic E-state index is 0.184. The molecular formula is C22H21FN4O2S. The second-order valence-electron chi connectivity index (χ2n) is 7.46. The Balaban J connectivity index is 1.85. The summed E-state index contributed by atoms with van der Waals surface area (Å²) in [6, 6.07) is 13.3. The van der Waals surface area contributed by atoms with E-state index in [0.29, 0.717) is 35.1 Å². The molecule has 1 aliphatic rings. The van der Waals surface area contributed by atoms with Gasteiger partial charge in [-0.2, -0.15) is 0 Å². The lowest BCUT2D eigenvalue weighted by Gasteiger charge is -2.18. The predicted molar refractivity (Wildman–Crippen MR) is 117 cm³/mol. The van der Waals surface area contributed by atoms with Crippen molar-refractivity contribution in [2.45, 2.75) is 12.8 Å². The average molecular weight is 425 g/mol. The molecule has 0 bridgehead atoms. The Morgan fingerprint density at radius 2 is 1.83 bits per heavy atom. The van der Waals surface area contributed by atoms with Crippen molar-refractivity contribution in [1.82, 2.24) is 9.97 Å². The van der Waals surface area contributed by atoms with Crippen molar-refractivity contribution in [2.24, 2.45) is 4.99 Å². The van der Waals surface area contributed by atoms with Gasteiger partial charge in [0.25, 0.3) is 0 Å². The van der Waals surface area contributed by atoms with Crippen LogP contribution < -0.4 is 5.32 Å². The van der Waals surface area contributed by atoms with E-state index in [9.17, 15) is 12.8 Å². The number of nitrogens with one attached hydrogen (secondary N) is 1. The molecule has 4 rings (SSSR count). The number of aromatic nitrogens is 2. The van der Waals surface area contributed by atoms with Gasteiger partial charge in [-0.25, -0.2) is 22.8 Å². The molecule has 0 saturated carbocycles. The van der Waals surface area contributed by atoms with E-state index in [1.54, 1.807) is 12.1 Å². The summed E-state index contributed by atoms with van der Waals surface area (Å²) in [6.07, 6.45) is 3.12. The summed E-state index contributed by atoms with van der Waals surface area (Å²) in [5.74, 6) is 0.405. The molecule has 0 fully saturated rings. The van der Waals surface area contributed by atoms with E-state index in [1.807, 2.05) is 37.3 Å². The number of halogens is 1. The molecule has 1 aromatic heterocycles. The third kappa shape index (κ3) is 4.54. The lowest BCUT2D eigenvalue weighted by Crippen LogP contribution is -2.19. The van der Waals surface area contributed by atoms with E-state index >= 15 is 0 Å². The van der Waals surface area contributed by atoms with E-state index in [-0.39, 0.29) is 11.6 Å². The number of benzene rings is 2. The summed E-state index contributed by atoms with van der Waals surface area (Å²) >= 11 is 0. The number of para-hydroxylation sites is 1. The van der Waals surface area contributed by atoms with Gasteiger partial charge in [0.05, 0.1) is 23.7 Å². The van der Waals surface area contributed by atoms with Gasteiger partial charge in [0.1, 0.15) is 33.1 Å². The van der Waals surface area contributed by atoms with E-state index in [1.165, 1.54) is 18.4 Å². The van der Waals surface area contributed by atoms with Crippen LogP contribution in [-0.4, -0.2) is 42.8 Å². The molecule has 3 aromatic rings. The Morgan fingerprint density at radius 3 is 2.50 bits per heavy atom. The molecule has 1 N–H and O–H groups in total. The standard InChI is InChI=1S/C22H21FN4O2S/c1-14-11-20(24-12-14)26-21-17-5-3-4-6-19(17)25-22(27-21)18(13-30(2,28)29)15-7-9-16(23)10-8-15/h3-11,18H,12-13H2,1-2H3,(H,24,25,26,27). The van der Waals surface area contributed by atoms with Crippen molar-refractivity contribution in [2.75, 3.05) is 23.9 Å². The van der Waals surface area contributed by atoms with E-state index in [2.05, 4.69) is 20.3 Å². The average Bonchev–Trinajstić information content (AvgIpc) is 3.11. The zero-order valence-electron chi connectivity index (χ0n) is 16.6. The quantitative estimate of drug-likeness (QED) is 0.675. The Labute approximate surface area is 174 Å². The van der Waals surface area contributed by atoms with Crippen LogP contribution in [0.3, 0.4) is 0 Å². The number of hydrogen-bond donors (Lipinski definition) is 1. The van der Waals surface area contributed by atoms with Gasteiger partial charge in [0.2, 0.25) is 0 Å². The van der Waals surface area contributed by atoms with Crippen LogP contribution in [0.1, 0.15) is 24.2 Å². The molecule has 0 aliphatic carbocycles. The summed E-state index contributed by atoms with van der Waals surface area (Å²) in [4.78, 5) is 13.8. The van der Waals surface area contributed by atoms with Gasteiger partial charge in [-0.15, -0.1) is 0 Å². The van der Waals surface area contributed by atoms with Crippen LogP contribution in [-0.2, 0) is 9.84 Å². The van der Waals surface area contributed by atoms with Crippen LogP contribution >= 0.6 is 0 Å². The van der Waals surface area contributed by atoms with E-state index in [4.69, 9.17) is 0 Å². The highest BCUT2D eigenvalue weighted by Crippen LogP contribution is 2.29. The minimum Gasteiger partial charge on any atom is -0.325 e. The van der Waals surface area contributed by atoms with Crippen LogP contribution in [0.25, 0.3) is 10.9 Å². The van der Waals surface area contributed by atoms with Gasteiger partial charge < -0.3 is 5.32 Å². The SMILES string of the molecule is CC1=CC(Nc2nc(C(CS(C)(=O)=O)c3ccc(F)cc3)nc3ccccc23)=NC1. The molecular weight excluding hydrogens is 403 g/mol. The Kier molecular flexibility index (Phi) is 5.34. The number of sulfone groups is 1. The summed E-state index contributed by atoms with van der Waals surface area (Å²) in [7, 11) is -3.35. The number of rotatable bonds is 5. The third-order valence-electron chi connectivity index (χ3n) is 4.80. The highest BCUT2D eigenvalue weighted by molar-refractivity contribution is 7.90. The number of fused-ring (bicyclic) bond motifs is 1. The lowest BCUT2D eigenvalue weighted by atomic mass is 10.00. The normalized spacial score (nSPS) is 15.0. The Morgan fingerprint density at radius 1 is 1.10 bits per heavy atom. The molecule has 1 unspecified atom stereocenters. The maximum Gasteiger partial charge on any atom is 0.148 e. The molecule has 0 saturated heterocycles. The molecule has 1 aliphatic heterocycles. The van der Waals surface area contributed by atoms with Crippen LogP contribution in [0.4, 0.5) is 10.2 Å². The largest absolute Gasteiger partial charge is 0.325 e. The van der Waals surface area contributed by atoms with Gasteiger partial charge in [0, 0.05) is 11.6 Å². The van der Waals surface area contributed by atoms with Crippen LogP contribution in [0, 0.1) is 5.82 Å². The molecule has 0 amide bonds. The fraction of sp³-hybridized carbons (Fsp3) is 0.227. The fourth-order valence-electron chi connectivity index (χ4n) is 3.39. The van der Waals surface area contributed by atoms with E-state index in [0.717, 1.165) is 11.0 Å². The summed E-state index contributed by atoms with van der Waals surface area (Å²) < 4.78 is 37.7. The second kappa shape index (κ2) is 7.95. The minimum atomic E-state index is -3.35. The summed E-state index contributed by atoms with van der Waals surface area (Å²) in [6.45, 7) is 2.63. The monoisotopic (exact) mass is 424 g/mol. The van der Waals surface area contributed by atoms with Crippen LogP contribution in [0.15, 0.2) is 65.2 Å². The molecule has 0 spiro atoms. The van der Waals surface area contributed by atoms with Gasteiger partial charge in [-0.05, 0) is 48.4 Å². The number of amidine groups is 1. The van der Waals surface area contributed by atoms with Gasteiger partial charge >= 0.3 is 0 Å².